The van der Waals surface area contributed by atoms with Crippen LogP contribution in [0, 0.1) is 0 Å². The molecule has 1 aromatic heterocycles. The molecule has 1 aromatic rings. The first kappa shape index (κ1) is 9.90. The van der Waals surface area contributed by atoms with Crippen molar-refractivity contribution in [3.8, 4) is 0 Å². The zero-order valence-electron chi connectivity index (χ0n) is 9.47. The lowest BCUT2D eigenvalue weighted by Crippen LogP contribution is -2.47. The highest BCUT2D eigenvalue weighted by Crippen LogP contribution is 2.28. The fourth-order valence-corrected chi connectivity index (χ4v) is 2.37. The molecule has 0 spiro atoms. The Bertz CT molecular complexity index is 367. The van der Waals surface area contributed by atoms with Gasteiger partial charge in [-0.25, -0.2) is 4.98 Å². The van der Waals surface area contributed by atoms with Crippen LogP contribution in [0.5, 0.6) is 0 Å². The molecular weight excluding hydrogens is 200 g/mol. The molecule has 4 heteroatoms. The lowest BCUT2D eigenvalue weighted by atomic mass is 10.3. The molecule has 86 valence electrons. The molecule has 2 fully saturated rings. The highest BCUT2D eigenvalue weighted by Gasteiger charge is 2.31. The highest BCUT2D eigenvalue weighted by molar-refractivity contribution is 5.45. The normalized spacial score (nSPS) is 22.4. The number of nitrogens with zero attached hydrogens (tertiary/aromatic N) is 3. The first-order valence-corrected chi connectivity index (χ1v) is 6.04. The zero-order valence-corrected chi connectivity index (χ0v) is 9.47. The number of aromatic nitrogens is 1. The number of rotatable bonds is 2. The molecule has 0 radical (unpaired) electrons. The molecule has 16 heavy (non-hydrogen) atoms. The van der Waals surface area contributed by atoms with Crippen molar-refractivity contribution in [2.24, 2.45) is 0 Å². The van der Waals surface area contributed by atoms with Crippen molar-refractivity contribution in [1.29, 1.82) is 0 Å². The second-order valence-electron chi connectivity index (χ2n) is 4.67. The lowest BCUT2D eigenvalue weighted by Gasteiger charge is -2.35. The van der Waals surface area contributed by atoms with Crippen molar-refractivity contribution in [3.63, 3.8) is 0 Å². The van der Waals surface area contributed by atoms with Gasteiger partial charge in [-0.2, -0.15) is 0 Å². The summed E-state index contributed by atoms with van der Waals surface area (Å²) >= 11 is 0. The molecule has 2 heterocycles. The van der Waals surface area contributed by atoms with E-state index in [1.807, 2.05) is 18.2 Å². The predicted molar refractivity (Wildman–Crippen MR) is 65.5 cm³/mol. The van der Waals surface area contributed by atoms with E-state index in [1.165, 1.54) is 25.9 Å². The van der Waals surface area contributed by atoms with Gasteiger partial charge in [-0.05, 0) is 25.0 Å². The Hall–Kier alpha value is -1.29. The third-order valence-electron chi connectivity index (χ3n) is 3.46. The lowest BCUT2D eigenvalue weighted by molar-refractivity contribution is 0.247. The van der Waals surface area contributed by atoms with Gasteiger partial charge in [-0.15, -0.1) is 0 Å². The van der Waals surface area contributed by atoms with E-state index in [-0.39, 0.29) is 0 Å². The molecule has 4 nitrogen and oxygen atoms in total. The van der Waals surface area contributed by atoms with Crippen molar-refractivity contribution < 1.29 is 0 Å². The topological polar surface area (TPSA) is 45.4 Å². The molecule has 1 saturated heterocycles. The van der Waals surface area contributed by atoms with Crippen molar-refractivity contribution in [3.05, 3.63) is 18.2 Å². The minimum absolute atomic E-state index is 0.613. The zero-order chi connectivity index (χ0) is 11.0. The first-order chi connectivity index (χ1) is 7.83. The van der Waals surface area contributed by atoms with Crippen LogP contribution in [0.3, 0.4) is 0 Å². The summed E-state index contributed by atoms with van der Waals surface area (Å²) in [6.07, 6.45) is 2.80. The quantitative estimate of drug-likeness (QED) is 0.802. The molecular formula is C12H18N4. The third-order valence-corrected chi connectivity index (χ3v) is 3.46. The van der Waals surface area contributed by atoms with Gasteiger partial charge in [0.2, 0.25) is 0 Å². The average Bonchev–Trinajstić information content (AvgIpc) is 3.13. The van der Waals surface area contributed by atoms with Crippen LogP contribution < -0.4 is 10.6 Å². The van der Waals surface area contributed by atoms with E-state index in [1.54, 1.807) is 0 Å². The third kappa shape index (κ3) is 1.97. The Morgan fingerprint density at radius 3 is 2.50 bits per heavy atom. The van der Waals surface area contributed by atoms with E-state index in [0.29, 0.717) is 5.82 Å². The van der Waals surface area contributed by atoms with Crippen LogP contribution in [0.25, 0.3) is 0 Å². The van der Waals surface area contributed by atoms with E-state index in [0.717, 1.165) is 24.9 Å². The van der Waals surface area contributed by atoms with E-state index in [4.69, 9.17) is 5.73 Å². The fourth-order valence-electron chi connectivity index (χ4n) is 2.37. The minimum atomic E-state index is 0.613. The van der Waals surface area contributed by atoms with Crippen molar-refractivity contribution in [2.45, 2.75) is 18.9 Å². The van der Waals surface area contributed by atoms with Crippen molar-refractivity contribution >= 4 is 11.6 Å². The van der Waals surface area contributed by atoms with Gasteiger partial charge >= 0.3 is 0 Å². The summed E-state index contributed by atoms with van der Waals surface area (Å²) in [4.78, 5) is 9.30. The van der Waals surface area contributed by atoms with E-state index in [2.05, 4.69) is 14.8 Å². The number of nitrogens with two attached hydrogens (primary N) is 1. The molecule has 0 atom stereocenters. The molecule has 0 bridgehead atoms. The maximum Gasteiger partial charge on any atom is 0.131 e. The molecule has 2 N–H and O–H groups in total. The van der Waals surface area contributed by atoms with Crippen LogP contribution in [-0.4, -0.2) is 42.1 Å². The van der Waals surface area contributed by atoms with Gasteiger partial charge in [-0.3, -0.25) is 4.90 Å². The molecule has 1 aliphatic carbocycles. The summed E-state index contributed by atoms with van der Waals surface area (Å²) in [5.74, 6) is 1.64. The van der Waals surface area contributed by atoms with Gasteiger partial charge in [0, 0.05) is 32.2 Å². The Morgan fingerprint density at radius 1 is 1.12 bits per heavy atom. The van der Waals surface area contributed by atoms with Crippen LogP contribution in [0.15, 0.2) is 18.2 Å². The van der Waals surface area contributed by atoms with E-state index in [9.17, 15) is 0 Å². The number of anilines is 2. The average molecular weight is 218 g/mol. The summed E-state index contributed by atoms with van der Waals surface area (Å²) < 4.78 is 0. The standard InChI is InChI=1S/C12H18N4/c13-11-2-1-3-12(14-11)16-8-6-15(7-9-16)10-4-5-10/h1-3,10H,4-9H2,(H2,13,14). The van der Waals surface area contributed by atoms with Gasteiger partial charge in [0.05, 0.1) is 0 Å². The summed E-state index contributed by atoms with van der Waals surface area (Å²) in [7, 11) is 0. The van der Waals surface area contributed by atoms with Crippen LogP contribution in [0.4, 0.5) is 11.6 Å². The highest BCUT2D eigenvalue weighted by atomic mass is 15.3. The van der Waals surface area contributed by atoms with Crippen LogP contribution in [0.2, 0.25) is 0 Å². The van der Waals surface area contributed by atoms with Crippen LogP contribution in [-0.2, 0) is 0 Å². The molecule has 2 aliphatic rings. The Kier molecular flexibility index (Phi) is 2.44. The number of nitrogen functional groups attached to an aromatic ring is 1. The monoisotopic (exact) mass is 218 g/mol. The Morgan fingerprint density at radius 2 is 1.88 bits per heavy atom. The number of hydrogen-bond donors (Lipinski definition) is 1. The summed E-state index contributed by atoms with van der Waals surface area (Å²) in [6, 6.07) is 6.74. The van der Waals surface area contributed by atoms with Crippen molar-refractivity contribution in [2.75, 3.05) is 36.8 Å². The van der Waals surface area contributed by atoms with Gasteiger partial charge in [0.15, 0.2) is 0 Å². The smallest absolute Gasteiger partial charge is 0.131 e. The second-order valence-corrected chi connectivity index (χ2v) is 4.67. The Labute approximate surface area is 96.1 Å². The van der Waals surface area contributed by atoms with Gasteiger partial charge in [-0.1, -0.05) is 6.07 Å². The van der Waals surface area contributed by atoms with Gasteiger partial charge in [0.25, 0.3) is 0 Å². The molecule has 3 rings (SSSR count). The molecule has 1 saturated carbocycles. The maximum atomic E-state index is 5.70. The maximum absolute atomic E-state index is 5.70. The summed E-state index contributed by atoms with van der Waals surface area (Å²) in [6.45, 7) is 4.49. The van der Waals surface area contributed by atoms with Crippen LogP contribution >= 0.6 is 0 Å². The van der Waals surface area contributed by atoms with Crippen molar-refractivity contribution in [1.82, 2.24) is 9.88 Å². The summed E-state index contributed by atoms with van der Waals surface area (Å²) in [5, 5.41) is 0. The molecule has 1 aliphatic heterocycles. The van der Waals surface area contributed by atoms with Gasteiger partial charge < -0.3 is 10.6 Å². The van der Waals surface area contributed by atoms with E-state index < -0.39 is 0 Å². The minimum Gasteiger partial charge on any atom is -0.384 e. The molecule has 0 unspecified atom stereocenters. The largest absolute Gasteiger partial charge is 0.384 e. The predicted octanol–water partition coefficient (Wildman–Crippen LogP) is 0.948. The summed E-state index contributed by atoms with van der Waals surface area (Å²) in [5.41, 5.74) is 5.70. The van der Waals surface area contributed by atoms with Crippen LogP contribution in [0.1, 0.15) is 12.8 Å². The number of pyridine rings is 1. The molecule has 0 aromatic carbocycles. The Balaban J connectivity index is 1.64. The fraction of sp³-hybridized carbons (Fsp3) is 0.583. The molecule has 0 amide bonds. The second kappa shape index (κ2) is 3.94. The number of piperazine rings is 1. The first-order valence-electron chi connectivity index (χ1n) is 6.04. The van der Waals surface area contributed by atoms with E-state index >= 15 is 0 Å². The SMILES string of the molecule is Nc1cccc(N2CCN(C3CC3)CC2)n1. The number of hydrogen-bond acceptors (Lipinski definition) is 4. The van der Waals surface area contributed by atoms with Gasteiger partial charge in [0.1, 0.15) is 11.6 Å².